The van der Waals surface area contributed by atoms with E-state index in [9.17, 15) is 0 Å². The lowest BCUT2D eigenvalue weighted by Crippen LogP contribution is -2.21. The molecule has 0 aromatic carbocycles. The van der Waals surface area contributed by atoms with Crippen LogP contribution in [0.15, 0.2) is 36.9 Å². The topological polar surface area (TPSA) is 39.9 Å². The average Bonchev–Trinajstić information content (AvgIpc) is 2.83. The summed E-state index contributed by atoms with van der Waals surface area (Å²) in [5.41, 5.74) is 1.78. The first-order valence-corrected chi connectivity index (χ1v) is 10.3. The van der Waals surface area contributed by atoms with Gasteiger partial charge in [0.1, 0.15) is 12.4 Å². The highest BCUT2D eigenvalue weighted by molar-refractivity contribution is 6.76. The molecule has 0 saturated heterocycles. The third-order valence-electron chi connectivity index (χ3n) is 2.80. The van der Waals surface area contributed by atoms with Gasteiger partial charge in [0.05, 0.1) is 12.0 Å². The predicted octanol–water partition coefficient (Wildman–Crippen LogP) is 3.26. The number of ether oxygens (including phenoxy) is 1. The lowest BCUT2D eigenvalue weighted by molar-refractivity contribution is 0.0871. The standard InChI is InChI=1S/C14H21N3OSi/c1-19(2,3)9-8-18-12-17-10-14(16-11-17)13-6-4-5-7-15-13/h4-7,10-11H,8-9,12H2,1-3H3. The Kier molecular flexibility index (Phi) is 4.50. The number of hydrogen-bond acceptors (Lipinski definition) is 3. The van der Waals surface area contributed by atoms with Gasteiger partial charge in [-0.1, -0.05) is 25.7 Å². The lowest BCUT2D eigenvalue weighted by Gasteiger charge is -2.15. The van der Waals surface area contributed by atoms with Crippen molar-refractivity contribution in [3.05, 3.63) is 36.9 Å². The summed E-state index contributed by atoms with van der Waals surface area (Å²) >= 11 is 0. The molecular formula is C14H21N3OSi. The SMILES string of the molecule is C[Si](C)(C)CCOCn1cnc(-c2ccccn2)c1. The van der Waals surface area contributed by atoms with E-state index in [0.29, 0.717) is 6.73 Å². The third-order valence-corrected chi connectivity index (χ3v) is 4.50. The molecular weight excluding hydrogens is 254 g/mol. The van der Waals surface area contributed by atoms with Gasteiger partial charge < -0.3 is 9.30 Å². The molecule has 0 fully saturated rings. The second-order valence-electron chi connectivity index (χ2n) is 5.84. The number of rotatable bonds is 6. The van der Waals surface area contributed by atoms with Crippen LogP contribution in [0, 0.1) is 0 Å². The molecule has 0 bridgehead atoms. The van der Waals surface area contributed by atoms with E-state index < -0.39 is 8.07 Å². The fourth-order valence-electron chi connectivity index (χ4n) is 1.63. The highest BCUT2D eigenvalue weighted by Crippen LogP contribution is 2.13. The minimum absolute atomic E-state index is 0.560. The molecule has 2 aromatic heterocycles. The van der Waals surface area contributed by atoms with Gasteiger partial charge in [0.15, 0.2) is 0 Å². The number of hydrogen-bond donors (Lipinski definition) is 0. The largest absolute Gasteiger partial charge is 0.361 e. The second kappa shape index (κ2) is 6.12. The van der Waals surface area contributed by atoms with Crippen LogP contribution in [0.1, 0.15) is 0 Å². The Morgan fingerprint density at radius 1 is 1.16 bits per heavy atom. The van der Waals surface area contributed by atoms with Crippen molar-refractivity contribution in [1.29, 1.82) is 0 Å². The smallest absolute Gasteiger partial charge is 0.123 e. The van der Waals surface area contributed by atoms with Crippen LogP contribution in [0.3, 0.4) is 0 Å². The minimum atomic E-state index is -1.00. The summed E-state index contributed by atoms with van der Waals surface area (Å²) in [5.74, 6) is 0. The van der Waals surface area contributed by atoms with Crippen LogP contribution < -0.4 is 0 Å². The van der Waals surface area contributed by atoms with Gasteiger partial charge in [-0.05, 0) is 18.2 Å². The molecule has 2 rings (SSSR count). The summed E-state index contributed by atoms with van der Waals surface area (Å²) in [4.78, 5) is 8.62. The molecule has 0 N–H and O–H groups in total. The molecule has 5 heteroatoms. The van der Waals surface area contributed by atoms with E-state index in [1.807, 2.05) is 29.0 Å². The van der Waals surface area contributed by atoms with Crippen LogP contribution in [-0.4, -0.2) is 29.2 Å². The Morgan fingerprint density at radius 3 is 2.68 bits per heavy atom. The van der Waals surface area contributed by atoms with Crippen molar-refractivity contribution in [1.82, 2.24) is 14.5 Å². The first kappa shape index (κ1) is 14.0. The van der Waals surface area contributed by atoms with Crippen LogP contribution in [-0.2, 0) is 11.5 Å². The normalized spacial score (nSPS) is 11.7. The number of pyridine rings is 1. The molecule has 102 valence electrons. The molecule has 0 saturated carbocycles. The first-order chi connectivity index (χ1) is 9.04. The Bertz CT molecular complexity index is 505. The van der Waals surface area contributed by atoms with Gasteiger partial charge in [-0.25, -0.2) is 4.98 Å². The summed E-state index contributed by atoms with van der Waals surface area (Å²) in [6.07, 6.45) is 5.54. The van der Waals surface area contributed by atoms with Crippen LogP contribution in [0.25, 0.3) is 11.4 Å². The number of aromatic nitrogens is 3. The monoisotopic (exact) mass is 275 g/mol. The van der Waals surface area contributed by atoms with Crippen molar-refractivity contribution in [2.45, 2.75) is 32.4 Å². The van der Waals surface area contributed by atoms with Gasteiger partial charge in [0.25, 0.3) is 0 Å². The van der Waals surface area contributed by atoms with Gasteiger partial charge in [-0.15, -0.1) is 0 Å². The molecule has 2 heterocycles. The van der Waals surface area contributed by atoms with Crippen LogP contribution >= 0.6 is 0 Å². The maximum absolute atomic E-state index is 5.68. The molecule has 19 heavy (non-hydrogen) atoms. The second-order valence-corrected chi connectivity index (χ2v) is 11.5. The van der Waals surface area contributed by atoms with Crippen molar-refractivity contribution in [3.8, 4) is 11.4 Å². The Morgan fingerprint density at radius 2 is 2.00 bits per heavy atom. The predicted molar refractivity (Wildman–Crippen MR) is 79.6 cm³/mol. The van der Waals surface area contributed by atoms with Gasteiger partial charge in [0.2, 0.25) is 0 Å². The first-order valence-electron chi connectivity index (χ1n) is 6.55. The summed E-state index contributed by atoms with van der Waals surface area (Å²) in [6.45, 7) is 8.45. The molecule has 0 spiro atoms. The molecule has 2 aromatic rings. The fraction of sp³-hybridized carbons (Fsp3) is 0.429. The van der Waals surface area contributed by atoms with Crippen LogP contribution in [0.2, 0.25) is 25.7 Å². The highest BCUT2D eigenvalue weighted by Gasteiger charge is 2.12. The van der Waals surface area contributed by atoms with Gasteiger partial charge in [-0.3, -0.25) is 4.98 Å². The van der Waals surface area contributed by atoms with E-state index in [1.54, 1.807) is 12.5 Å². The van der Waals surface area contributed by atoms with E-state index in [-0.39, 0.29) is 0 Å². The summed E-state index contributed by atoms with van der Waals surface area (Å²) in [6, 6.07) is 7.01. The number of nitrogens with zero attached hydrogens (tertiary/aromatic N) is 3. The van der Waals surface area contributed by atoms with Crippen LogP contribution in [0.5, 0.6) is 0 Å². The van der Waals surface area contributed by atoms with Crippen molar-refractivity contribution in [2.75, 3.05) is 6.61 Å². The van der Waals surface area contributed by atoms with Crippen LogP contribution in [0.4, 0.5) is 0 Å². The van der Waals surface area contributed by atoms with Gasteiger partial charge >= 0.3 is 0 Å². The molecule has 0 unspecified atom stereocenters. The van der Waals surface area contributed by atoms with Crippen molar-refractivity contribution >= 4 is 8.07 Å². The Balaban J connectivity index is 1.85. The quantitative estimate of drug-likeness (QED) is 0.600. The van der Waals surface area contributed by atoms with Gasteiger partial charge in [-0.2, -0.15) is 0 Å². The zero-order valence-corrected chi connectivity index (χ0v) is 12.8. The third kappa shape index (κ3) is 4.61. The molecule has 0 aliphatic heterocycles. The van der Waals surface area contributed by atoms with E-state index >= 15 is 0 Å². The zero-order valence-electron chi connectivity index (χ0n) is 11.8. The molecule has 0 aliphatic rings. The van der Waals surface area contributed by atoms with E-state index in [2.05, 4.69) is 29.6 Å². The maximum Gasteiger partial charge on any atom is 0.123 e. The molecule has 4 nitrogen and oxygen atoms in total. The highest BCUT2D eigenvalue weighted by atomic mass is 28.3. The van der Waals surface area contributed by atoms with Crippen molar-refractivity contribution in [3.63, 3.8) is 0 Å². The molecule has 0 aliphatic carbocycles. The Hall–Kier alpha value is -1.46. The maximum atomic E-state index is 5.68. The lowest BCUT2D eigenvalue weighted by atomic mass is 10.3. The van der Waals surface area contributed by atoms with E-state index in [0.717, 1.165) is 18.0 Å². The minimum Gasteiger partial charge on any atom is -0.361 e. The average molecular weight is 275 g/mol. The summed E-state index contributed by atoms with van der Waals surface area (Å²) in [7, 11) is -1.00. The molecule has 0 radical (unpaired) electrons. The van der Waals surface area contributed by atoms with E-state index in [1.165, 1.54) is 6.04 Å². The van der Waals surface area contributed by atoms with E-state index in [4.69, 9.17) is 4.74 Å². The zero-order chi connectivity index (χ0) is 13.7. The summed E-state index contributed by atoms with van der Waals surface area (Å²) < 4.78 is 7.63. The van der Waals surface area contributed by atoms with Crippen molar-refractivity contribution in [2.24, 2.45) is 0 Å². The Labute approximate surface area is 115 Å². The van der Waals surface area contributed by atoms with Gasteiger partial charge in [0, 0.05) is 27.1 Å². The number of imidazole rings is 1. The molecule has 0 amide bonds. The van der Waals surface area contributed by atoms with Crippen molar-refractivity contribution < 1.29 is 4.74 Å². The summed E-state index contributed by atoms with van der Waals surface area (Å²) in [5, 5.41) is 0. The fourth-order valence-corrected chi connectivity index (χ4v) is 2.38. The molecule has 0 atom stereocenters.